The van der Waals surface area contributed by atoms with Crippen LogP contribution in [0.3, 0.4) is 0 Å². The molecule has 1 fully saturated rings. The van der Waals surface area contributed by atoms with E-state index in [-0.39, 0.29) is 12.0 Å². The van der Waals surface area contributed by atoms with Crippen LogP contribution in [0.1, 0.15) is 30.0 Å². The number of nitrogens with zero attached hydrogens (tertiary/aromatic N) is 2. The quantitative estimate of drug-likeness (QED) is 0.633. The van der Waals surface area contributed by atoms with E-state index in [2.05, 4.69) is 6.58 Å². The highest BCUT2D eigenvalue weighted by atomic mass is 16.7. The number of methoxy groups -OCH3 is 1. The average Bonchev–Trinajstić information content (AvgIpc) is 3.17. The fraction of sp³-hybridized carbons (Fsp3) is 0.412. The van der Waals surface area contributed by atoms with E-state index >= 15 is 0 Å². The Morgan fingerprint density at radius 1 is 1.35 bits per heavy atom. The predicted molar refractivity (Wildman–Crippen MR) is 83.1 cm³/mol. The minimum Gasteiger partial charge on any atom is -0.468 e. The lowest BCUT2D eigenvalue weighted by atomic mass is 10.1. The average molecular weight is 316 g/mol. The topological polar surface area (TPSA) is 59.1 Å². The van der Waals surface area contributed by atoms with Crippen molar-refractivity contribution in [3.05, 3.63) is 48.0 Å². The second-order valence-electron chi connectivity index (χ2n) is 5.69. The Morgan fingerprint density at radius 3 is 2.87 bits per heavy atom. The molecule has 1 aromatic carbocycles. The molecular weight excluding hydrogens is 296 g/mol. The number of fused-ring (bicyclic) bond motifs is 1. The molecule has 0 saturated carbocycles. The summed E-state index contributed by atoms with van der Waals surface area (Å²) in [5.41, 5.74) is 2.14. The number of hydrogen-bond acceptors (Lipinski definition) is 5. The molecule has 0 spiro atoms. The molecule has 2 unspecified atom stereocenters. The van der Waals surface area contributed by atoms with Crippen molar-refractivity contribution >= 4 is 12.1 Å². The molecule has 2 atom stereocenters. The van der Waals surface area contributed by atoms with Crippen LogP contribution in [0.2, 0.25) is 0 Å². The first-order valence-electron chi connectivity index (χ1n) is 7.69. The summed E-state index contributed by atoms with van der Waals surface area (Å²) in [7, 11) is 1.34. The summed E-state index contributed by atoms with van der Waals surface area (Å²) in [6.45, 7) is 4.83. The Kier molecular flexibility index (Phi) is 4.34. The molecule has 2 aliphatic rings. The van der Waals surface area contributed by atoms with Gasteiger partial charge in [0.25, 0.3) is 0 Å². The number of carbonyl (C=O) groups is 2. The third kappa shape index (κ3) is 2.82. The number of hydroxylamine groups is 2. The smallest absolute Gasteiger partial charge is 0.430 e. The Balaban J connectivity index is 1.72. The maximum absolute atomic E-state index is 12.6. The molecule has 0 bridgehead atoms. The molecule has 122 valence electrons. The van der Waals surface area contributed by atoms with Crippen LogP contribution in [0.25, 0.3) is 0 Å². The van der Waals surface area contributed by atoms with Crippen molar-refractivity contribution in [2.75, 3.05) is 13.7 Å². The molecule has 6 nitrogen and oxygen atoms in total. The fourth-order valence-corrected chi connectivity index (χ4v) is 3.22. The van der Waals surface area contributed by atoms with E-state index in [1.165, 1.54) is 12.2 Å². The summed E-state index contributed by atoms with van der Waals surface area (Å²) in [5.74, 6) is -0.375. The molecule has 23 heavy (non-hydrogen) atoms. The SMILES string of the molecule is C=CC1c2ccccc2CN1C(=O)ON1CCCC1C(=O)OC. The molecule has 0 radical (unpaired) electrons. The molecule has 6 heteroatoms. The summed E-state index contributed by atoms with van der Waals surface area (Å²) >= 11 is 0. The first-order chi connectivity index (χ1) is 11.2. The highest BCUT2D eigenvalue weighted by Gasteiger charge is 2.38. The number of benzene rings is 1. The first kappa shape index (κ1) is 15.6. The Hall–Kier alpha value is -2.34. The number of esters is 1. The van der Waals surface area contributed by atoms with Crippen LogP contribution in [-0.2, 0) is 20.9 Å². The van der Waals surface area contributed by atoms with E-state index in [4.69, 9.17) is 9.57 Å². The van der Waals surface area contributed by atoms with Crippen LogP contribution in [0.5, 0.6) is 0 Å². The number of carbonyl (C=O) groups excluding carboxylic acids is 2. The lowest BCUT2D eigenvalue weighted by Gasteiger charge is -2.26. The number of rotatable bonds is 3. The highest BCUT2D eigenvalue weighted by molar-refractivity contribution is 5.76. The van der Waals surface area contributed by atoms with Gasteiger partial charge in [-0.3, -0.25) is 9.69 Å². The summed E-state index contributed by atoms with van der Waals surface area (Å²) in [6.07, 6.45) is 2.68. The monoisotopic (exact) mass is 316 g/mol. The number of amides is 1. The normalized spacial score (nSPS) is 23.4. The van der Waals surface area contributed by atoms with Crippen molar-refractivity contribution in [2.45, 2.75) is 31.5 Å². The lowest BCUT2D eigenvalue weighted by molar-refractivity contribution is -0.167. The summed E-state index contributed by atoms with van der Waals surface area (Å²) in [6, 6.07) is 7.14. The van der Waals surface area contributed by atoms with Crippen molar-refractivity contribution in [1.29, 1.82) is 0 Å². The fourth-order valence-electron chi connectivity index (χ4n) is 3.22. The molecule has 2 aliphatic heterocycles. The van der Waals surface area contributed by atoms with Crippen molar-refractivity contribution in [1.82, 2.24) is 9.96 Å². The van der Waals surface area contributed by atoms with Gasteiger partial charge in [0.05, 0.1) is 19.7 Å². The van der Waals surface area contributed by atoms with E-state index in [0.29, 0.717) is 19.5 Å². The van der Waals surface area contributed by atoms with Crippen molar-refractivity contribution < 1.29 is 19.2 Å². The predicted octanol–water partition coefficient (Wildman–Crippen LogP) is 2.42. The Labute approximate surface area is 135 Å². The molecule has 0 N–H and O–H groups in total. The van der Waals surface area contributed by atoms with Crippen LogP contribution in [0.15, 0.2) is 36.9 Å². The van der Waals surface area contributed by atoms with E-state index in [9.17, 15) is 9.59 Å². The molecular formula is C17H20N2O4. The zero-order chi connectivity index (χ0) is 16.4. The van der Waals surface area contributed by atoms with Gasteiger partial charge >= 0.3 is 12.1 Å². The van der Waals surface area contributed by atoms with Gasteiger partial charge < -0.3 is 9.57 Å². The molecule has 0 aliphatic carbocycles. The molecule has 2 heterocycles. The van der Waals surface area contributed by atoms with Crippen molar-refractivity contribution in [3.63, 3.8) is 0 Å². The van der Waals surface area contributed by atoms with E-state index in [1.807, 2.05) is 24.3 Å². The van der Waals surface area contributed by atoms with E-state index in [1.54, 1.807) is 11.0 Å². The second-order valence-corrected chi connectivity index (χ2v) is 5.69. The maximum Gasteiger partial charge on any atom is 0.430 e. The molecule has 0 aromatic heterocycles. The molecule has 3 rings (SSSR count). The van der Waals surface area contributed by atoms with Crippen molar-refractivity contribution in [2.24, 2.45) is 0 Å². The maximum atomic E-state index is 12.6. The van der Waals surface area contributed by atoms with Crippen LogP contribution >= 0.6 is 0 Å². The summed E-state index contributed by atoms with van der Waals surface area (Å²) in [5, 5.41) is 1.43. The van der Waals surface area contributed by atoms with Crippen LogP contribution in [-0.4, -0.2) is 41.7 Å². The van der Waals surface area contributed by atoms with Gasteiger partial charge in [0.2, 0.25) is 0 Å². The standard InChI is InChI=1S/C17H20N2O4/c1-3-14-13-8-5-4-7-12(13)11-18(14)17(21)23-19-10-6-9-15(19)16(20)22-2/h3-5,7-8,14-15H,1,6,9-11H2,2H3. The zero-order valence-corrected chi connectivity index (χ0v) is 13.1. The molecule has 1 aromatic rings. The van der Waals surface area contributed by atoms with Gasteiger partial charge in [-0.25, -0.2) is 4.79 Å². The molecule has 1 saturated heterocycles. The zero-order valence-electron chi connectivity index (χ0n) is 13.1. The minimum atomic E-state index is -0.517. The summed E-state index contributed by atoms with van der Waals surface area (Å²) < 4.78 is 4.76. The largest absolute Gasteiger partial charge is 0.468 e. The lowest BCUT2D eigenvalue weighted by Crippen LogP contribution is -2.42. The third-order valence-corrected chi connectivity index (χ3v) is 4.38. The molecule has 1 amide bonds. The van der Waals surface area contributed by atoms with Crippen LogP contribution < -0.4 is 0 Å². The minimum absolute atomic E-state index is 0.210. The first-order valence-corrected chi connectivity index (χ1v) is 7.69. The number of ether oxygens (including phenoxy) is 1. The number of hydrogen-bond donors (Lipinski definition) is 0. The van der Waals surface area contributed by atoms with Gasteiger partial charge in [0, 0.05) is 6.54 Å². The van der Waals surface area contributed by atoms with Crippen molar-refractivity contribution in [3.8, 4) is 0 Å². The van der Waals surface area contributed by atoms with E-state index < -0.39 is 12.1 Å². The van der Waals surface area contributed by atoms with Gasteiger partial charge in [0.1, 0.15) is 6.04 Å². The van der Waals surface area contributed by atoms with E-state index in [0.717, 1.165) is 17.5 Å². The van der Waals surface area contributed by atoms with Gasteiger partial charge in [-0.1, -0.05) is 30.3 Å². The van der Waals surface area contributed by atoms with Crippen LogP contribution in [0, 0.1) is 0 Å². The van der Waals surface area contributed by atoms with Gasteiger partial charge in [0.15, 0.2) is 0 Å². The van der Waals surface area contributed by atoms with Gasteiger partial charge in [-0.15, -0.1) is 11.6 Å². The second kappa shape index (κ2) is 6.42. The van der Waals surface area contributed by atoms with Crippen LogP contribution in [0.4, 0.5) is 4.79 Å². The Morgan fingerprint density at radius 2 is 2.13 bits per heavy atom. The highest BCUT2D eigenvalue weighted by Crippen LogP contribution is 2.35. The summed E-state index contributed by atoms with van der Waals surface area (Å²) in [4.78, 5) is 31.4. The Bertz CT molecular complexity index is 631. The third-order valence-electron chi connectivity index (χ3n) is 4.38. The van der Waals surface area contributed by atoms with Gasteiger partial charge in [-0.2, -0.15) is 0 Å². The van der Waals surface area contributed by atoms with Gasteiger partial charge in [-0.05, 0) is 24.0 Å².